The van der Waals surface area contributed by atoms with E-state index in [-0.39, 0.29) is 0 Å². The van der Waals surface area contributed by atoms with Crippen LogP contribution >= 0.6 is 0 Å². The topological polar surface area (TPSA) is 101 Å². The van der Waals surface area contributed by atoms with Gasteiger partial charge in [0.1, 0.15) is 6.04 Å². The molecule has 5 nitrogen and oxygen atoms in total. The van der Waals surface area contributed by atoms with Crippen LogP contribution in [0.3, 0.4) is 0 Å². The van der Waals surface area contributed by atoms with Crippen LogP contribution in [-0.2, 0) is 9.59 Å². The van der Waals surface area contributed by atoms with Gasteiger partial charge >= 0.3 is 11.9 Å². The summed E-state index contributed by atoms with van der Waals surface area (Å²) in [6.45, 7) is -1.76. The maximum Gasteiger partial charge on any atom is 0.320 e. The predicted octanol–water partition coefficient (Wildman–Crippen LogP) is -0.491. The maximum atomic E-state index is 10.4. The van der Waals surface area contributed by atoms with E-state index in [1.54, 1.807) is 0 Å². The molecule has 0 aliphatic carbocycles. The van der Waals surface area contributed by atoms with E-state index in [4.69, 9.17) is 20.1 Å². The summed E-state index contributed by atoms with van der Waals surface area (Å²) in [6.07, 6.45) is -1.87. The molecule has 0 amide bonds. The van der Waals surface area contributed by atoms with E-state index in [1.165, 1.54) is 0 Å². The Balaban J connectivity index is 4.76. The number of rotatable bonds is 4. The molecule has 0 saturated carbocycles. The average Bonchev–Trinajstić information content (AvgIpc) is 2.03. The number of hydrogen-bond acceptors (Lipinski definition) is 3. The molecule has 0 aliphatic rings. The first-order chi connectivity index (χ1) is 6.29. The lowest BCUT2D eigenvalue weighted by atomic mass is 10.00. The van der Waals surface area contributed by atoms with Crippen molar-refractivity contribution in [1.29, 1.82) is 0 Å². The molecule has 5 heteroatoms. The van der Waals surface area contributed by atoms with E-state index in [0.29, 0.717) is 0 Å². The molecule has 0 rings (SSSR count). The van der Waals surface area contributed by atoms with Crippen LogP contribution in [0, 0.1) is 5.92 Å². The van der Waals surface area contributed by atoms with Gasteiger partial charge in [0.2, 0.25) is 0 Å². The minimum absolute atomic E-state index is 1.52. The zero-order chi connectivity index (χ0) is 11.5. The zero-order valence-electron chi connectivity index (χ0n) is 8.60. The highest BCUT2D eigenvalue weighted by Crippen LogP contribution is 2.05. The van der Waals surface area contributed by atoms with E-state index in [2.05, 4.69) is 0 Å². The summed E-state index contributed by atoms with van der Waals surface area (Å²) in [5.74, 6) is -4.65. The molecule has 0 saturated heterocycles. The Morgan fingerprint density at radius 2 is 2.27 bits per heavy atom. The van der Waals surface area contributed by atoms with Gasteiger partial charge in [0, 0.05) is 10.5 Å². The summed E-state index contributed by atoms with van der Waals surface area (Å²) < 4.78 is 20.9. The van der Waals surface area contributed by atoms with Gasteiger partial charge in [-0.3, -0.25) is 9.59 Å². The zero-order valence-corrected chi connectivity index (χ0v) is 5.60. The van der Waals surface area contributed by atoms with E-state index in [1.807, 2.05) is 0 Å². The quantitative estimate of drug-likeness (QED) is 0.520. The molecule has 1 unspecified atom stereocenters. The molecule has 0 spiro atoms. The SMILES string of the molecule is [2H]C([2H])[C@@H](C([2H])C(=O)O)[C@H](N)C(=O)O. The van der Waals surface area contributed by atoms with Gasteiger partial charge in [0.05, 0.1) is 0 Å². The molecule has 64 valence electrons. The first-order valence-electron chi connectivity index (χ1n) is 4.50. The van der Waals surface area contributed by atoms with Gasteiger partial charge in [-0.1, -0.05) is 6.88 Å². The summed E-state index contributed by atoms with van der Waals surface area (Å²) in [6, 6.07) is -1.69. The lowest BCUT2D eigenvalue weighted by Crippen LogP contribution is -2.37. The largest absolute Gasteiger partial charge is 0.481 e. The minimum Gasteiger partial charge on any atom is -0.481 e. The molecule has 3 atom stereocenters. The van der Waals surface area contributed by atoms with Crippen molar-refractivity contribution in [2.24, 2.45) is 11.7 Å². The molecular weight excluding hydrogens is 150 g/mol. The van der Waals surface area contributed by atoms with Crippen molar-refractivity contribution in [2.45, 2.75) is 19.3 Å². The molecule has 4 N–H and O–H groups in total. The van der Waals surface area contributed by atoms with Crippen molar-refractivity contribution in [3.8, 4) is 0 Å². The lowest BCUT2D eigenvalue weighted by molar-refractivity contribution is -0.141. The van der Waals surface area contributed by atoms with Gasteiger partial charge in [-0.05, 0) is 5.92 Å². The van der Waals surface area contributed by atoms with Crippen molar-refractivity contribution in [2.75, 3.05) is 0 Å². The van der Waals surface area contributed by atoms with Crippen molar-refractivity contribution in [3.05, 3.63) is 0 Å². The molecule has 0 radical (unpaired) electrons. The van der Waals surface area contributed by atoms with Crippen LogP contribution in [0.4, 0.5) is 0 Å². The van der Waals surface area contributed by atoms with Gasteiger partial charge in [0.25, 0.3) is 0 Å². The molecule has 0 heterocycles. The Hall–Kier alpha value is -1.10. The smallest absolute Gasteiger partial charge is 0.320 e. The summed E-state index contributed by atoms with van der Waals surface area (Å²) in [4.78, 5) is 20.8. The molecule has 0 aromatic heterocycles. The average molecular weight is 164 g/mol. The Morgan fingerprint density at radius 3 is 2.55 bits per heavy atom. The van der Waals surface area contributed by atoms with Gasteiger partial charge in [-0.2, -0.15) is 0 Å². The third-order valence-electron chi connectivity index (χ3n) is 1.03. The van der Waals surface area contributed by atoms with Crippen molar-refractivity contribution in [1.82, 2.24) is 0 Å². The number of carbonyl (C=O) groups is 2. The fourth-order valence-corrected chi connectivity index (χ4v) is 0.433. The first kappa shape index (κ1) is 5.54. The minimum atomic E-state index is -1.87. The van der Waals surface area contributed by atoms with Crippen LogP contribution in [0.1, 0.15) is 17.4 Å². The summed E-state index contributed by atoms with van der Waals surface area (Å²) in [5.41, 5.74) is 5.08. The number of nitrogens with two attached hydrogens (primary N) is 1. The number of carboxylic acids is 2. The number of carboxylic acid groups (broad SMARTS) is 2. The highest BCUT2D eigenvalue weighted by atomic mass is 16.4. The summed E-state index contributed by atoms with van der Waals surface area (Å²) in [5, 5.41) is 16.9. The third-order valence-corrected chi connectivity index (χ3v) is 1.03. The Labute approximate surface area is 68.0 Å². The Bertz CT molecular complexity index is 215. The van der Waals surface area contributed by atoms with Crippen LogP contribution in [0.2, 0.25) is 0 Å². The van der Waals surface area contributed by atoms with Crippen LogP contribution in [-0.4, -0.2) is 28.2 Å². The monoisotopic (exact) mass is 164 g/mol. The number of hydrogen-bond donors (Lipinski definition) is 3. The van der Waals surface area contributed by atoms with Crippen molar-refractivity contribution < 1.29 is 23.9 Å². The van der Waals surface area contributed by atoms with Crippen LogP contribution in [0.25, 0.3) is 0 Å². The van der Waals surface area contributed by atoms with E-state index >= 15 is 0 Å². The molecule has 0 aromatic carbocycles. The van der Waals surface area contributed by atoms with Gasteiger partial charge in [0.15, 0.2) is 0 Å². The third kappa shape index (κ3) is 3.57. The first-order valence-corrected chi connectivity index (χ1v) is 2.77. The molecule has 0 aliphatic heterocycles. The van der Waals surface area contributed by atoms with Crippen LogP contribution in [0.5, 0.6) is 0 Å². The van der Waals surface area contributed by atoms with E-state index in [0.717, 1.165) is 0 Å². The van der Waals surface area contributed by atoms with Crippen molar-refractivity contribution in [3.63, 3.8) is 0 Å². The second-order valence-corrected chi connectivity index (χ2v) is 1.95. The van der Waals surface area contributed by atoms with Crippen molar-refractivity contribution >= 4 is 11.9 Å². The van der Waals surface area contributed by atoms with Gasteiger partial charge < -0.3 is 15.9 Å². The highest BCUT2D eigenvalue weighted by Gasteiger charge is 2.21. The second-order valence-electron chi connectivity index (χ2n) is 1.95. The Kier molecular flexibility index (Phi) is 1.97. The molecular formula is C6H11NO4. The predicted molar refractivity (Wildman–Crippen MR) is 37.0 cm³/mol. The molecule has 0 aromatic rings. The maximum absolute atomic E-state index is 10.4. The fraction of sp³-hybridized carbons (Fsp3) is 0.667. The normalized spacial score (nSPS) is 22.5. The van der Waals surface area contributed by atoms with Gasteiger partial charge in [-0.25, -0.2) is 0 Å². The standard InChI is InChI=1S/C6H11NO4/c1-3(2-4(8)9)5(7)6(10)11/h3,5H,2,7H2,1H3,(H,8,9)(H,10,11)/t3-,5-/m0/s1/i1D2,2D/t2?,3-,5-. The summed E-state index contributed by atoms with van der Waals surface area (Å²) >= 11 is 0. The molecule has 0 bridgehead atoms. The fourth-order valence-electron chi connectivity index (χ4n) is 0.433. The van der Waals surface area contributed by atoms with E-state index < -0.39 is 37.2 Å². The lowest BCUT2D eigenvalue weighted by Gasteiger charge is -2.12. The molecule has 0 fully saturated rings. The van der Waals surface area contributed by atoms with E-state index in [9.17, 15) is 9.59 Å². The highest BCUT2D eigenvalue weighted by molar-refractivity contribution is 5.75. The summed E-state index contributed by atoms with van der Waals surface area (Å²) in [7, 11) is 0. The Morgan fingerprint density at radius 1 is 1.73 bits per heavy atom. The van der Waals surface area contributed by atoms with Crippen LogP contribution < -0.4 is 5.73 Å². The van der Waals surface area contributed by atoms with Crippen LogP contribution in [0.15, 0.2) is 0 Å². The number of aliphatic carboxylic acids is 2. The second kappa shape index (κ2) is 3.92. The van der Waals surface area contributed by atoms with Gasteiger partial charge in [-0.15, -0.1) is 0 Å². The molecule has 11 heavy (non-hydrogen) atoms.